The minimum absolute atomic E-state index is 0.140. The van der Waals surface area contributed by atoms with E-state index in [1.807, 2.05) is 18.4 Å². The van der Waals surface area contributed by atoms with E-state index < -0.39 is 5.54 Å². The van der Waals surface area contributed by atoms with Crippen LogP contribution < -0.4 is 10.6 Å². The Bertz CT molecular complexity index is 482. The fourth-order valence-electron chi connectivity index (χ4n) is 2.72. The summed E-state index contributed by atoms with van der Waals surface area (Å²) in [5, 5.41) is 7.16. The monoisotopic (exact) mass is 236 g/mol. The van der Waals surface area contributed by atoms with Crippen molar-refractivity contribution < 1.29 is 9.59 Å². The Morgan fingerprint density at radius 3 is 3.00 bits per heavy atom. The number of carbonyl (C=O) groups excluding carboxylic acids is 2. The van der Waals surface area contributed by atoms with Crippen molar-refractivity contribution in [1.29, 1.82) is 0 Å². The molecule has 1 aliphatic carbocycles. The van der Waals surface area contributed by atoms with Gasteiger partial charge >= 0.3 is 6.03 Å². The molecular weight excluding hydrogens is 224 g/mol. The third-order valence-corrected chi connectivity index (χ3v) is 4.59. The van der Waals surface area contributed by atoms with Crippen LogP contribution in [0.5, 0.6) is 0 Å². The van der Waals surface area contributed by atoms with Gasteiger partial charge in [-0.05, 0) is 30.2 Å². The Hall–Kier alpha value is -1.36. The van der Waals surface area contributed by atoms with Gasteiger partial charge in [-0.15, -0.1) is 11.3 Å². The van der Waals surface area contributed by atoms with Gasteiger partial charge < -0.3 is 5.32 Å². The zero-order valence-corrected chi connectivity index (χ0v) is 9.69. The third-order valence-electron chi connectivity index (χ3n) is 3.61. The van der Waals surface area contributed by atoms with Crippen molar-refractivity contribution in [3.05, 3.63) is 21.9 Å². The van der Waals surface area contributed by atoms with Crippen LogP contribution >= 0.6 is 11.3 Å². The molecule has 1 aromatic heterocycles. The van der Waals surface area contributed by atoms with E-state index in [0.29, 0.717) is 0 Å². The predicted molar refractivity (Wildman–Crippen MR) is 60.2 cm³/mol. The molecule has 5 heteroatoms. The normalized spacial score (nSPS) is 32.4. The molecule has 0 bridgehead atoms. The lowest BCUT2D eigenvalue weighted by Crippen LogP contribution is -2.51. The summed E-state index contributed by atoms with van der Waals surface area (Å²) in [7, 11) is 0. The molecular formula is C11H12N2O2S. The second-order valence-electron chi connectivity index (χ2n) is 4.41. The summed E-state index contributed by atoms with van der Waals surface area (Å²) in [6.45, 7) is 2.02. The van der Waals surface area contributed by atoms with Crippen molar-refractivity contribution in [2.24, 2.45) is 5.92 Å². The first-order chi connectivity index (χ1) is 7.64. The van der Waals surface area contributed by atoms with E-state index in [2.05, 4.69) is 10.6 Å². The summed E-state index contributed by atoms with van der Waals surface area (Å²) in [5.41, 5.74) is 0.171. The quantitative estimate of drug-likeness (QED) is 0.668. The van der Waals surface area contributed by atoms with Gasteiger partial charge in [0, 0.05) is 10.4 Å². The number of imide groups is 1. The number of hydrogen-bond donors (Lipinski definition) is 2. The molecule has 1 spiro atoms. The first-order valence-electron chi connectivity index (χ1n) is 5.35. The highest BCUT2D eigenvalue weighted by Gasteiger charge is 2.54. The van der Waals surface area contributed by atoms with Gasteiger partial charge in [-0.1, -0.05) is 6.92 Å². The SMILES string of the molecule is CC1CCc2sccc2C12NC(=O)NC2=O. The van der Waals surface area contributed by atoms with Crippen LogP contribution in [0, 0.1) is 5.92 Å². The molecule has 0 radical (unpaired) electrons. The number of aryl methyl sites for hydroxylation is 1. The highest BCUT2D eigenvalue weighted by Crippen LogP contribution is 2.43. The van der Waals surface area contributed by atoms with Crippen LogP contribution in [-0.4, -0.2) is 11.9 Å². The fourth-order valence-corrected chi connectivity index (χ4v) is 3.68. The minimum Gasteiger partial charge on any atom is -0.319 e. The Morgan fingerprint density at radius 1 is 1.50 bits per heavy atom. The molecule has 3 amide bonds. The van der Waals surface area contributed by atoms with Gasteiger partial charge in [0.05, 0.1) is 0 Å². The summed E-state index contributed by atoms with van der Waals surface area (Å²) < 4.78 is 0. The van der Waals surface area contributed by atoms with E-state index in [4.69, 9.17) is 0 Å². The first kappa shape index (κ1) is 9.84. The van der Waals surface area contributed by atoms with Crippen molar-refractivity contribution >= 4 is 23.3 Å². The molecule has 4 nitrogen and oxygen atoms in total. The summed E-state index contributed by atoms with van der Waals surface area (Å²) >= 11 is 1.66. The molecule has 1 saturated heterocycles. The summed E-state index contributed by atoms with van der Waals surface area (Å²) in [4.78, 5) is 24.6. The second kappa shape index (κ2) is 3.07. The van der Waals surface area contributed by atoms with Crippen LogP contribution in [0.15, 0.2) is 11.4 Å². The van der Waals surface area contributed by atoms with Gasteiger partial charge in [0.1, 0.15) is 5.54 Å². The van der Waals surface area contributed by atoms with Gasteiger partial charge in [-0.25, -0.2) is 4.79 Å². The first-order valence-corrected chi connectivity index (χ1v) is 6.23. The molecule has 2 atom stereocenters. The lowest BCUT2D eigenvalue weighted by molar-refractivity contribution is -0.126. The van der Waals surface area contributed by atoms with Crippen molar-refractivity contribution in [2.75, 3.05) is 0 Å². The lowest BCUT2D eigenvalue weighted by atomic mass is 9.72. The number of hydrogen-bond acceptors (Lipinski definition) is 3. The highest BCUT2D eigenvalue weighted by atomic mass is 32.1. The molecule has 1 aliphatic heterocycles. The Morgan fingerprint density at radius 2 is 2.31 bits per heavy atom. The molecule has 84 valence electrons. The van der Waals surface area contributed by atoms with Crippen LogP contribution in [-0.2, 0) is 16.8 Å². The highest BCUT2D eigenvalue weighted by molar-refractivity contribution is 7.10. The molecule has 0 saturated carbocycles. The van der Waals surface area contributed by atoms with E-state index in [-0.39, 0.29) is 17.9 Å². The maximum atomic E-state index is 12.0. The maximum absolute atomic E-state index is 12.0. The Labute approximate surface area is 97.0 Å². The zero-order valence-electron chi connectivity index (χ0n) is 8.87. The predicted octanol–water partition coefficient (Wildman–Crippen LogP) is 1.37. The van der Waals surface area contributed by atoms with Crippen molar-refractivity contribution in [3.8, 4) is 0 Å². The van der Waals surface area contributed by atoms with Gasteiger partial charge in [0.15, 0.2) is 0 Å². The van der Waals surface area contributed by atoms with Gasteiger partial charge in [0.25, 0.3) is 5.91 Å². The molecule has 16 heavy (non-hydrogen) atoms. The fraction of sp³-hybridized carbons (Fsp3) is 0.455. The van der Waals surface area contributed by atoms with Crippen LogP contribution in [0.25, 0.3) is 0 Å². The molecule has 3 rings (SSSR count). The molecule has 2 unspecified atom stereocenters. The molecule has 1 fully saturated rings. The third kappa shape index (κ3) is 1.04. The van der Waals surface area contributed by atoms with Crippen LogP contribution in [0.3, 0.4) is 0 Å². The molecule has 2 heterocycles. The van der Waals surface area contributed by atoms with E-state index in [1.165, 1.54) is 4.88 Å². The van der Waals surface area contributed by atoms with Crippen molar-refractivity contribution in [2.45, 2.75) is 25.3 Å². The summed E-state index contributed by atoms with van der Waals surface area (Å²) in [6, 6.07) is 1.58. The molecule has 1 aromatic rings. The minimum atomic E-state index is -0.815. The van der Waals surface area contributed by atoms with Gasteiger partial charge in [-0.2, -0.15) is 0 Å². The Balaban J connectivity index is 2.20. The van der Waals surface area contributed by atoms with Crippen molar-refractivity contribution in [1.82, 2.24) is 10.6 Å². The number of fused-ring (bicyclic) bond motifs is 2. The number of thiophene rings is 1. The smallest absolute Gasteiger partial charge is 0.319 e. The number of nitrogens with one attached hydrogen (secondary N) is 2. The average molecular weight is 236 g/mol. The number of carbonyl (C=O) groups is 2. The Kier molecular flexibility index (Phi) is 1.89. The number of amides is 3. The van der Waals surface area contributed by atoms with Crippen LogP contribution in [0.1, 0.15) is 23.8 Å². The zero-order chi connectivity index (χ0) is 11.3. The van der Waals surface area contributed by atoms with Crippen LogP contribution in [0.4, 0.5) is 4.79 Å². The van der Waals surface area contributed by atoms with E-state index in [1.54, 1.807) is 11.3 Å². The van der Waals surface area contributed by atoms with Gasteiger partial charge in [-0.3, -0.25) is 10.1 Å². The standard InChI is InChI=1S/C11H12N2O2S/c1-6-2-3-8-7(4-5-16-8)11(6)9(14)12-10(15)13-11/h4-6H,2-3H2,1H3,(H2,12,13,14,15). The summed E-state index contributed by atoms with van der Waals surface area (Å²) in [5.74, 6) is -0.0644. The number of rotatable bonds is 0. The maximum Gasteiger partial charge on any atom is 0.322 e. The van der Waals surface area contributed by atoms with E-state index in [0.717, 1.165) is 18.4 Å². The van der Waals surface area contributed by atoms with Crippen molar-refractivity contribution in [3.63, 3.8) is 0 Å². The number of urea groups is 1. The van der Waals surface area contributed by atoms with Crippen LogP contribution in [0.2, 0.25) is 0 Å². The van der Waals surface area contributed by atoms with Gasteiger partial charge in [0.2, 0.25) is 0 Å². The average Bonchev–Trinajstić information content (AvgIpc) is 2.79. The summed E-state index contributed by atoms with van der Waals surface area (Å²) in [6.07, 6.45) is 1.93. The molecule has 2 aliphatic rings. The molecule has 0 aromatic carbocycles. The van der Waals surface area contributed by atoms with E-state index in [9.17, 15) is 9.59 Å². The second-order valence-corrected chi connectivity index (χ2v) is 5.41. The lowest BCUT2D eigenvalue weighted by Gasteiger charge is -2.36. The van der Waals surface area contributed by atoms with E-state index >= 15 is 0 Å². The topological polar surface area (TPSA) is 58.2 Å². The largest absolute Gasteiger partial charge is 0.322 e. The molecule has 2 N–H and O–H groups in total.